The Labute approximate surface area is 111 Å². The summed E-state index contributed by atoms with van der Waals surface area (Å²) >= 11 is 0. The van der Waals surface area contributed by atoms with Gasteiger partial charge in [-0.25, -0.2) is 4.98 Å². The normalized spacial score (nSPS) is 18.3. The van der Waals surface area contributed by atoms with Crippen LogP contribution in [0.5, 0.6) is 0 Å². The summed E-state index contributed by atoms with van der Waals surface area (Å²) < 4.78 is 2.15. The molecule has 0 saturated heterocycles. The minimum atomic E-state index is 0.543. The second kappa shape index (κ2) is 6.37. The maximum Gasteiger partial charge on any atom is 0.108 e. The molecule has 1 aliphatic carbocycles. The molecule has 2 rings (SSSR count). The molecule has 1 fully saturated rings. The summed E-state index contributed by atoms with van der Waals surface area (Å²) in [6.45, 7) is 4.59. The van der Waals surface area contributed by atoms with Crippen molar-refractivity contribution >= 4 is 0 Å². The molecule has 1 saturated carbocycles. The molecule has 0 spiro atoms. The Morgan fingerprint density at radius 1 is 1.39 bits per heavy atom. The van der Waals surface area contributed by atoms with Crippen molar-refractivity contribution in [1.82, 2.24) is 14.9 Å². The fourth-order valence-corrected chi connectivity index (χ4v) is 3.18. The van der Waals surface area contributed by atoms with E-state index < -0.39 is 0 Å². The van der Waals surface area contributed by atoms with Crippen molar-refractivity contribution < 1.29 is 0 Å². The molecule has 102 valence electrons. The Hall–Kier alpha value is -0.830. The molecule has 0 amide bonds. The molecule has 0 bridgehead atoms. The van der Waals surface area contributed by atoms with Crippen LogP contribution in [-0.4, -0.2) is 22.6 Å². The van der Waals surface area contributed by atoms with Crippen LogP contribution < -0.4 is 5.32 Å². The van der Waals surface area contributed by atoms with Crippen LogP contribution in [0.4, 0.5) is 0 Å². The summed E-state index contributed by atoms with van der Waals surface area (Å²) in [4.78, 5) is 4.45. The van der Waals surface area contributed by atoms with Gasteiger partial charge in [-0.3, -0.25) is 0 Å². The Bertz CT molecular complexity index is 350. The topological polar surface area (TPSA) is 29.9 Å². The second-order valence-electron chi connectivity index (χ2n) is 5.84. The third-order valence-electron chi connectivity index (χ3n) is 4.39. The molecule has 3 nitrogen and oxygen atoms in total. The van der Waals surface area contributed by atoms with Crippen molar-refractivity contribution in [2.75, 3.05) is 13.1 Å². The summed E-state index contributed by atoms with van der Waals surface area (Å²) in [6.07, 6.45) is 13.2. The van der Waals surface area contributed by atoms with Crippen LogP contribution in [0.1, 0.15) is 51.3 Å². The zero-order valence-electron chi connectivity index (χ0n) is 11.9. The van der Waals surface area contributed by atoms with E-state index in [0.29, 0.717) is 5.41 Å². The van der Waals surface area contributed by atoms with Gasteiger partial charge in [-0.05, 0) is 37.6 Å². The molecule has 1 N–H and O–H groups in total. The molecule has 0 unspecified atom stereocenters. The largest absolute Gasteiger partial charge is 0.338 e. The van der Waals surface area contributed by atoms with Crippen LogP contribution in [0, 0.1) is 5.41 Å². The molecule has 1 aromatic heterocycles. The van der Waals surface area contributed by atoms with Crippen molar-refractivity contribution in [2.45, 2.75) is 51.9 Å². The quantitative estimate of drug-likeness (QED) is 0.753. The van der Waals surface area contributed by atoms with Crippen molar-refractivity contribution in [3.8, 4) is 0 Å². The Morgan fingerprint density at radius 2 is 2.17 bits per heavy atom. The number of rotatable bonds is 7. The van der Waals surface area contributed by atoms with Crippen LogP contribution in [0.15, 0.2) is 12.4 Å². The predicted octanol–water partition coefficient (Wildman–Crippen LogP) is 2.91. The van der Waals surface area contributed by atoms with Gasteiger partial charge in [0.25, 0.3) is 0 Å². The number of nitrogens with one attached hydrogen (secondary N) is 1. The van der Waals surface area contributed by atoms with Gasteiger partial charge in [-0.2, -0.15) is 0 Å². The van der Waals surface area contributed by atoms with Gasteiger partial charge in [0.1, 0.15) is 5.82 Å². The zero-order valence-corrected chi connectivity index (χ0v) is 11.9. The summed E-state index contributed by atoms with van der Waals surface area (Å²) in [6, 6.07) is 0. The molecule has 3 heteroatoms. The standard InChI is InChI=1S/C15H27N3/c1-3-10-16-13-15(7-4-5-8-15)9-6-14-17-11-12-18(14)2/h11-12,16H,3-10,13H2,1-2H3. The lowest BCUT2D eigenvalue weighted by Crippen LogP contribution is -2.33. The summed E-state index contributed by atoms with van der Waals surface area (Å²) in [5.74, 6) is 1.23. The molecule has 1 aliphatic rings. The first kappa shape index (κ1) is 13.6. The fourth-order valence-electron chi connectivity index (χ4n) is 3.18. The molecule has 0 atom stereocenters. The number of hydrogen-bond acceptors (Lipinski definition) is 2. The van der Waals surface area contributed by atoms with Gasteiger partial charge < -0.3 is 9.88 Å². The first-order valence-corrected chi connectivity index (χ1v) is 7.43. The highest BCUT2D eigenvalue weighted by Crippen LogP contribution is 2.41. The lowest BCUT2D eigenvalue weighted by molar-refractivity contribution is 0.255. The number of hydrogen-bond donors (Lipinski definition) is 1. The predicted molar refractivity (Wildman–Crippen MR) is 75.6 cm³/mol. The average Bonchev–Trinajstić information content (AvgIpc) is 2.97. The minimum absolute atomic E-state index is 0.543. The molecule has 0 aromatic carbocycles. The lowest BCUT2D eigenvalue weighted by atomic mass is 9.81. The monoisotopic (exact) mass is 249 g/mol. The maximum atomic E-state index is 4.45. The summed E-state index contributed by atoms with van der Waals surface area (Å²) in [7, 11) is 2.10. The van der Waals surface area contributed by atoms with Crippen LogP contribution >= 0.6 is 0 Å². The molecule has 1 heterocycles. The number of imidazole rings is 1. The maximum absolute atomic E-state index is 4.45. The third kappa shape index (κ3) is 3.35. The number of aryl methyl sites for hydroxylation is 2. The van der Waals surface area contributed by atoms with Gasteiger partial charge in [-0.15, -0.1) is 0 Å². The molecule has 1 aromatic rings. The molecular weight excluding hydrogens is 222 g/mol. The Kier molecular flexibility index (Phi) is 4.81. The average molecular weight is 249 g/mol. The van der Waals surface area contributed by atoms with Gasteiger partial charge >= 0.3 is 0 Å². The van der Waals surface area contributed by atoms with E-state index >= 15 is 0 Å². The molecule has 0 radical (unpaired) electrons. The van der Waals surface area contributed by atoms with E-state index in [-0.39, 0.29) is 0 Å². The van der Waals surface area contributed by atoms with Crippen LogP contribution in [0.25, 0.3) is 0 Å². The van der Waals surface area contributed by atoms with E-state index in [9.17, 15) is 0 Å². The highest BCUT2D eigenvalue weighted by atomic mass is 15.0. The SMILES string of the molecule is CCCNCC1(CCc2nccn2C)CCCC1. The lowest BCUT2D eigenvalue weighted by Gasteiger charge is -2.29. The van der Waals surface area contributed by atoms with Gasteiger partial charge in [0.15, 0.2) is 0 Å². The number of aromatic nitrogens is 2. The van der Waals surface area contributed by atoms with Crippen LogP contribution in [-0.2, 0) is 13.5 Å². The highest BCUT2D eigenvalue weighted by molar-refractivity contribution is 4.95. The summed E-state index contributed by atoms with van der Waals surface area (Å²) in [5.41, 5.74) is 0.543. The summed E-state index contributed by atoms with van der Waals surface area (Å²) in [5, 5.41) is 3.64. The van der Waals surface area contributed by atoms with Gasteiger partial charge in [0.05, 0.1) is 0 Å². The van der Waals surface area contributed by atoms with Crippen molar-refractivity contribution in [3.05, 3.63) is 18.2 Å². The fraction of sp³-hybridized carbons (Fsp3) is 0.800. The van der Waals surface area contributed by atoms with E-state index in [1.54, 1.807) is 0 Å². The molecule has 18 heavy (non-hydrogen) atoms. The highest BCUT2D eigenvalue weighted by Gasteiger charge is 2.33. The van der Waals surface area contributed by atoms with Gasteiger partial charge in [-0.1, -0.05) is 19.8 Å². The van der Waals surface area contributed by atoms with E-state index in [0.717, 1.165) is 13.0 Å². The Balaban J connectivity index is 1.88. The van der Waals surface area contributed by atoms with E-state index in [1.807, 2.05) is 12.4 Å². The number of nitrogens with zero attached hydrogens (tertiary/aromatic N) is 2. The van der Waals surface area contributed by atoms with Gasteiger partial charge in [0.2, 0.25) is 0 Å². The van der Waals surface area contributed by atoms with Crippen LogP contribution in [0.2, 0.25) is 0 Å². The van der Waals surface area contributed by atoms with Crippen molar-refractivity contribution in [2.24, 2.45) is 12.5 Å². The van der Waals surface area contributed by atoms with Crippen molar-refractivity contribution in [3.63, 3.8) is 0 Å². The smallest absolute Gasteiger partial charge is 0.108 e. The van der Waals surface area contributed by atoms with E-state index in [4.69, 9.17) is 0 Å². The van der Waals surface area contributed by atoms with Crippen molar-refractivity contribution in [1.29, 1.82) is 0 Å². The first-order chi connectivity index (χ1) is 8.76. The first-order valence-electron chi connectivity index (χ1n) is 7.43. The van der Waals surface area contributed by atoms with Gasteiger partial charge in [0, 0.05) is 32.4 Å². The van der Waals surface area contributed by atoms with E-state index in [1.165, 1.54) is 50.9 Å². The van der Waals surface area contributed by atoms with Crippen LogP contribution in [0.3, 0.4) is 0 Å². The Morgan fingerprint density at radius 3 is 2.78 bits per heavy atom. The second-order valence-corrected chi connectivity index (χ2v) is 5.84. The zero-order chi connectivity index (χ0) is 12.8. The van der Waals surface area contributed by atoms with E-state index in [2.05, 4.69) is 28.8 Å². The minimum Gasteiger partial charge on any atom is -0.338 e. The molecule has 0 aliphatic heterocycles. The third-order valence-corrected chi connectivity index (χ3v) is 4.39. The molecular formula is C15H27N3.